The van der Waals surface area contributed by atoms with Gasteiger partial charge in [0.25, 0.3) is 0 Å². The molecule has 0 unspecified atom stereocenters. The van der Waals surface area contributed by atoms with Gasteiger partial charge >= 0.3 is 0 Å². The number of nitrogens with zero attached hydrogens (tertiary/aromatic N) is 1. The third-order valence-electron chi connectivity index (χ3n) is 1.89. The molecule has 1 aliphatic heterocycles. The van der Waals surface area contributed by atoms with E-state index < -0.39 is 10.0 Å². The van der Waals surface area contributed by atoms with Crippen molar-refractivity contribution in [2.45, 2.75) is 19.8 Å². The van der Waals surface area contributed by atoms with Crippen molar-refractivity contribution in [3.8, 4) is 11.8 Å². The molecule has 12 heavy (non-hydrogen) atoms. The Morgan fingerprint density at radius 3 is 2.42 bits per heavy atom. The van der Waals surface area contributed by atoms with Crippen molar-refractivity contribution in [3.05, 3.63) is 0 Å². The zero-order valence-electron chi connectivity index (χ0n) is 7.21. The Hall–Kier alpha value is -0.530. The van der Waals surface area contributed by atoms with Crippen LogP contribution < -0.4 is 0 Å². The van der Waals surface area contributed by atoms with Crippen LogP contribution in [-0.4, -0.2) is 31.6 Å². The van der Waals surface area contributed by atoms with Gasteiger partial charge in [-0.05, 0) is 19.8 Å². The highest BCUT2D eigenvalue weighted by molar-refractivity contribution is 7.89. The Morgan fingerprint density at radius 2 is 1.92 bits per heavy atom. The fraction of sp³-hybridized carbons (Fsp3) is 0.750. The monoisotopic (exact) mass is 187 g/mol. The summed E-state index contributed by atoms with van der Waals surface area (Å²) >= 11 is 0. The second-order valence-electron chi connectivity index (χ2n) is 2.79. The first-order chi connectivity index (χ1) is 5.67. The average molecular weight is 187 g/mol. The second kappa shape index (κ2) is 3.92. The zero-order valence-corrected chi connectivity index (χ0v) is 8.02. The van der Waals surface area contributed by atoms with Crippen molar-refractivity contribution < 1.29 is 8.42 Å². The highest BCUT2D eigenvalue weighted by atomic mass is 32.2. The van der Waals surface area contributed by atoms with E-state index in [4.69, 9.17) is 0 Å². The van der Waals surface area contributed by atoms with E-state index in [1.807, 2.05) is 0 Å². The Balaban J connectivity index is 2.62. The summed E-state index contributed by atoms with van der Waals surface area (Å²) in [5, 5.41) is 0. The Morgan fingerprint density at radius 1 is 1.33 bits per heavy atom. The minimum Gasteiger partial charge on any atom is -0.211 e. The molecule has 1 heterocycles. The van der Waals surface area contributed by atoms with E-state index >= 15 is 0 Å². The molecule has 0 amide bonds. The lowest BCUT2D eigenvalue weighted by atomic mass is 10.4. The van der Waals surface area contributed by atoms with Gasteiger partial charge < -0.3 is 0 Å². The SMILES string of the molecule is CC#CCS(=O)(=O)N1CCCC1. The molecule has 1 aliphatic rings. The van der Waals surface area contributed by atoms with Crippen LogP contribution in [0, 0.1) is 11.8 Å². The molecule has 0 aromatic heterocycles. The van der Waals surface area contributed by atoms with Crippen molar-refractivity contribution in [2.24, 2.45) is 0 Å². The smallest absolute Gasteiger partial charge is 0.211 e. The van der Waals surface area contributed by atoms with E-state index in [-0.39, 0.29) is 5.75 Å². The molecular weight excluding hydrogens is 174 g/mol. The molecule has 0 saturated carbocycles. The van der Waals surface area contributed by atoms with E-state index in [0.717, 1.165) is 12.8 Å². The van der Waals surface area contributed by atoms with Gasteiger partial charge in [-0.15, -0.1) is 5.92 Å². The second-order valence-corrected chi connectivity index (χ2v) is 4.76. The van der Waals surface area contributed by atoms with Crippen LogP contribution in [-0.2, 0) is 10.0 Å². The summed E-state index contributed by atoms with van der Waals surface area (Å²) in [4.78, 5) is 0. The van der Waals surface area contributed by atoms with Crippen LogP contribution >= 0.6 is 0 Å². The molecule has 68 valence electrons. The quantitative estimate of drug-likeness (QED) is 0.588. The number of hydrogen-bond acceptors (Lipinski definition) is 2. The summed E-state index contributed by atoms with van der Waals surface area (Å²) in [6.07, 6.45) is 1.97. The first kappa shape index (κ1) is 9.56. The van der Waals surface area contributed by atoms with Gasteiger partial charge in [-0.1, -0.05) is 5.92 Å². The summed E-state index contributed by atoms with van der Waals surface area (Å²) in [6.45, 7) is 3.00. The minimum atomic E-state index is -3.06. The van der Waals surface area contributed by atoms with E-state index in [1.54, 1.807) is 6.92 Å². The van der Waals surface area contributed by atoms with Crippen LogP contribution in [0.1, 0.15) is 19.8 Å². The van der Waals surface area contributed by atoms with Crippen molar-refractivity contribution in [1.29, 1.82) is 0 Å². The molecule has 0 spiro atoms. The average Bonchev–Trinajstić information content (AvgIpc) is 2.53. The van der Waals surface area contributed by atoms with Crippen LogP contribution in [0.4, 0.5) is 0 Å². The summed E-state index contributed by atoms with van der Waals surface area (Å²) in [5.74, 6) is 5.15. The predicted molar refractivity (Wildman–Crippen MR) is 48.0 cm³/mol. The van der Waals surface area contributed by atoms with Gasteiger partial charge in [0, 0.05) is 13.1 Å². The molecule has 0 N–H and O–H groups in total. The van der Waals surface area contributed by atoms with Gasteiger partial charge in [0.05, 0.1) is 0 Å². The number of sulfonamides is 1. The molecule has 1 rings (SSSR count). The summed E-state index contributed by atoms with van der Waals surface area (Å²) in [5.41, 5.74) is 0. The molecule has 0 radical (unpaired) electrons. The molecule has 0 atom stereocenters. The third kappa shape index (κ3) is 2.23. The van der Waals surface area contributed by atoms with E-state index in [1.165, 1.54) is 4.31 Å². The first-order valence-electron chi connectivity index (χ1n) is 4.04. The lowest BCUT2D eigenvalue weighted by molar-refractivity contribution is 0.481. The van der Waals surface area contributed by atoms with Gasteiger partial charge in [0.15, 0.2) is 0 Å². The molecular formula is C8H13NO2S. The highest BCUT2D eigenvalue weighted by Crippen LogP contribution is 2.12. The molecule has 1 fully saturated rings. The minimum absolute atomic E-state index is 0.0243. The molecule has 1 saturated heterocycles. The maximum absolute atomic E-state index is 11.4. The summed E-state index contributed by atoms with van der Waals surface area (Å²) < 4.78 is 24.4. The maximum Gasteiger partial charge on any atom is 0.225 e. The van der Waals surface area contributed by atoms with E-state index in [2.05, 4.69) is 11.8 Å². The normalized spacial score (nSPS) is 18.8. The van der Waals surface area contributed by atoms with Gasteiger partial charge in [-0.25, -0.2) is 12.7 Å². The Bertz CT molecular complexity index is 291. The summed E-state index contributed by atoms with van der Waals surface area (Å²) in [7, 11) is -3.06. The van der Waals surface area contributed by atoms with Crippen LogP contribution in [0.25, 0.3) is 0 Å². The van der Waals surface area contributed by atoms with Crippen molar-refractivity contribution in [1.82, 2.24) is 4.31 Å². The zero-order chi connectivity index (χ0) is 9.03. The maximum atomic E-state index is 11.4. The number of rotatable bonds is 2. The first-order valence-corrected chi connectivity index (χ1v) is 5.65. The molecule has 4 heteroatoms. The summed E-state index contributed by atoms with van der Waals surface area (Å²) in [6, 6.07) is 0. The Kier molecular flexibility index (Phi) is 3.12. The lowest BCUT2D eigenvalue weighted by Crippen LogP contribution is -2.29. The molecule has 3 nitrogen and oxygen atoms in total. The Labute approximate surface area is 73.8 Å². The van der Waals surface area contributed by atoms with Gasteiger partial charge in [0.1, 0.15) is 5.75 Å². The van der Waals surface area contributed by atoms with E-state index in [9.17, 15) is 8.42 Å². The molecule has 0 aromatic carbocycles. The molecule has 0 aliphatic carbocycles. The fourth-order valence-corrected chi connectivity index (χ4v) is 2.54. The molecule has 0 bridgehead atoms. The van der Waals surface area contributed by atoms with Crippen LogP contribution in [0.5, 0.6) is 0 Å². The lowest BCUT2D eigenvalue weighted by Gasteiger charge is -2.12. The standard InChI is InChI=1S/C8H13NO2S/c1-2-3-8-12(10,11)9-6-4-5-7-9/h4-8H2,1H3. The van der Waals surface area contributed by atoms with Crippen LogP contribution in [0.15, 0.2) is 0 Å². The van der Waals surface area contributed by atoms with Crippen molar-refractivity contribution >= 4 is 10.0 Å². The van der Waals surface area contributed by atoms with Gasteiger partial charge in [-0.3, -0.25) is 0 Å². The van der Waals surface area contributed by atoms with Crippen LogP contribution in [0.2, 0.25) is 0 Å². The van der Waals surface area contributed by atoms with Crippen LogP contribution in [0.3, 0.4) is 0 Å². The van der Waals surface area contributed by atoms with Gasteiger partial charge in [-0.2, -0.15) is 0 Å². The largest absolute Gasteiger partial charge is 0.225 e. The van der Waals surface area contributed by atoms with Gasteiger partial charge in [0.2, 0.25) is 10.0 Å². The fourth-order valence-electron chi connectivity index (χ4n) is 1.22. The topological polar surface area (TPSA) is 37.4 Å². The highest BCUT2D eigenvalue weighted by Gasteiger charge is 2.23. The van der Waals surface area contributed by atoms with Crippen molar-refractivity contribution in [3.63, 3.8) is 0 Å². The van der Waals surface area contributed by atoms with E-state index in [0.29, 0.717) is 13.1 Å². The molecule has 0 aromatic rings. The number of hydrogen-bond donors (Lipinski definition) is 0. The predicted octanol–water partition coefficient (Wildman–Crippen LogP) is 0.435. The third-order valence-corrected chi connectivity index (χ3v) is 3.55. The van der Waals surface area contributed by atoms with Crippen molar-refractivity contribution in [2.75, 3.05) is 18.8 Å².